The van der Waals surface area contributed by atoms with E-state index >= 15 is 0 Å². The lowest BCUT2D eigenvalue weighted by Crippen LogP contribution is -2.46. The summed E-state index contributed by atoms with van der Waals surface area (Å²) in [6.45, 7) is 10.8. The van der Waals surface area contributed by atoms with Gasteiger partial charge in [-0.25, -0.2) is 9.59 Å². The second-order valence-electron chi connectivity index (χ2n) is 7.82. The Kier molecular flexibility index (Phi) is 9.69. The number of nitrogens with one attached hydrogen (secondary N) is 2. The summed E-state index contributed by atoms with van der Waals surface area (Å²) < 4.78 is 17.2. The molecule has 0 aromatic heterocycles. The van der Waals surface area contributed by atoms with Crippen LogP contribution in [0.15, 0.2) is 29.5 Å². The van der Waals surface area contributed by atoms with Crippen LogP contribution < -0.4 is 20.1 Å². The Morgan fingerprint density at radius 2 is 1.81 bits per heavy atom. The number of esters is 1. The minimum Gasteiger partial charge on any atom is -0.490 e. The number of carbonyl (C=O) groups is 2. The van der Waals surface area contributed by atoms with E-state index in [2.05, 4.69) is 24.5 Å². The lowest BCUT2D eigenvalue weighted by atomic mass is 9.93. The highest BCUT2D eigenvalue weighted by Gasteiger charge is 2.34. The van der Waals surface area contributed by atoms with Gasteiger partial charge >= 0.3 is 12.0 Å². The minimum absolute atomic E-state index is 0.265. The van der Waals surface area contributed by atoms with Gasteiger partial charge < -0.3 is 24.8 Å². The molecule has 0 radical (unpaired) electrons. The Hall–Kier alpha value is -2.70. The van der Waals surface area contributed by atoms with Crippen LogP contribution in [0, 0.1) is 0 Å². The molecule has 2 rings (SSSR count). The van der Waals surface area contributed by atoms with Crippen molar-refractivity contribution in [2.45, 2.75) is 78.9 Å². The molecule has 0 saturated heterocycles. The van der Waals surface area contributed by atoms with Crippen molar-refractivity contribution >= 4 is 12.0 Å². The van der Waals surface area contributed by atoms with Gasteiger partial charge in [-0.2, -0.15) is 0 Å². The Balaban J connectivity index is 2.46. The van der Waals surface area contributed by atoms with Gasteiger partial charge in [-0.15, -0.1) is 0 Å². The molecule has 2 N–H and O–H groups in total. The Labute approximate surface area is 185 Å². The standard InChI is InChI=1S/C24H36N2O5/c1-6-9-11-18-21(23(27)31-16(4)5)22(26-24(28)25-18)17-12-13-19(30-14-10-7-2)20(15-17)29-8-3/h12-13,15-16,22H,6-11,14H2,1-5H3,(H2,25,26,28). The van der Waals surface area contributed by atoms with Gasteiger partial charge in [0.25, 0.3) is 0 Å². The molecular formula is C24H36N2O5. The van der Waals surface area contributed by atoms with Crippen LogP contribution in [0.3, 0.4) is 0 Å². The van der Waals surface area contributed by atoms with Gasteiger partial charge in [0.1, 0.15) is 0 Å². The highest BCUT2D eigenvalue weighted by Crippen LogP contribution is 2.35. The number of hydrogen-bond donors (Lipinski definition) is 2. The molecule has 1 unspecified atom stereocenters. The molecule has 2 amide bonds. The molecule has 7 heteroatoms. The Morgan fingerprint density at radius 1 is 1.06 bits per heavy atom. The zero-order valence-electron chi connectivity index (χ0n) is 19.4. The summed E-state index contributed by atoms with van der Waals surface area (Å²) in [4.78, 5) is 25.4. The number of carbonyl (C=O) groups excluding carboxylic acids is 2. The van der Waals surface area contributed by atoms with Crippen molar-refractivity contribution in [1.82, 2.24) is 10.6 Å². The maximum Gasteiger partial charge on any atom is 0.338 e. The Morgan fingerprint density at radius 3 is 2.45 bits per heavy atom. The Bertz CT molecular complexity index is 788. The molecule has 1 atom stereocenters. The largest absolute Gasteiger partial charge is 0.490 e. The van der Waals surface area contributed by atoms with Crippen LogP contribution in [0.4, 0.5) is 4.79 Å². The highest BCUT2D eigenvalue weighted by atomic mass is 16.5. The van der Waals surface area contributed by atoms with Crippen LogP contribution in [0.5, 0.6) is 11.5 Å². The predicted octanol–water partition coefficient (Wildman–Crippen LogP) is 5.01. The van der Waals surface area contributed by atoms with Gasteiger partial charge in [-0.1, -0.05) is 32.8 Å². The summed E-state index contributed by atoms with van der Waals surface area (Å²) in [5.74, 6) is 0.816. The fourth-order valence-corrected chi connectivity index (χ4v) is 3.36. The predicted molar refractivity (Wildman–Crippen MR) is 120 cm³/mol. The second kappa shape index (κ2) is 12.2. The smallest absolute Gasteiger partial charge is 0.338 e. The molecular weight excluding hydrogens is 396 g/mol. The van der Waals surface area contributed by atoms with Crippen molar-refractivity contribution in [2.75, 3.05) is 13.2 Å². The first-order chi connectivity index (χ1) is 14.9. The third-order valence-corrected chi connectivity index (χ3v) is 4.85. The molecule has 0 aliphatic carbocycles. The van der Waals surface area contributed by atoms with Crippen molar-refractivity contribution in [1.29, 1.82) is 0 Å². The summed E-state index contributed by atoms with van der Waals surface area (Å²) in [6.07, 6.45) is 4.12. The van der Waals surface area contributed by atoms with Crippen molar-refractivity contribution < 1.29 is 23.8 Å². The van der Waals surface area contributed by atoms with Gasteiger partial charge in [-0.05, 0) is 57.7 Å². The lowest BCUT2D eigenvalue weighted by Gasteiger charge is -2.30. The maximum absolute atomic E-state index is 13.0. The number of benzene rings is 1. The van der Waals surface area contributed by atoms with Gasteiger partial charge in [0.05, 0.1) is 30.9 Å². The lowest BCUT2D eigenvalue weighted by molar-refractivity contribution is -0.143. The number of unbranched alkanes of at least 4 members (excludes halogenated alkanes) is 2. The van der Waals surface area contributed by atoms with Gasteiger partial charge in [0.15, 0.2) is 11.5 Å². The number of urea groups is 1. The zero-order chi connectivity index (χ0) is 22.8. The average Bonchev–Trinajstić information content (AvgIpc) is 2.72. The third-order valence-electron chi connectivity index (χ3n) is 4.85. The third kappa shape index (κ3) is 6.91. The number of ether oxygens (including phenoxy) is 3. The summed E-state index contributed by atoms with van der Waals surface area (Å²) in [5, 5.41) is 5.69. The number of allylic oxidation sites excluding steroid dienone is 1. The molecule has 1 aliphatic rings. The van der Waals surface area contributed by atoms with Gasteiger partial charge in [0.2, 0.25) is 0 Å². The van der Waals surface area contributed by atoms with Crippen LogP contribution in [-0.4, -0.2) is 31.3 Å². The van der Waals surface area contributed by atoms with Crippen LogP contribution in [0.2, 0.25) is 0 Å². The van der Waals surface area contributed by atoms with E-state index in [0.29, 0.717) is 42.4 Å². The van der Waals surface area contributed by atoms with Crippen molar-refractivity contribution in [3.05, 3.63) is 35.0 Å². The molecule has 1 aliphatic heterocycles. The normalized spacial score (nSPS) is 16.1. The number of amides is 2. The first-order valence-electron chi connectivity index (χ1n) is 11.3. The van der Waals surface area contributed by atoms with Crippen molar-refractivity contribution in [3.8, 4) is 11.5 Å². The monoisotopic (exact) mass is 432 g/mol. The number of hydrogen-bond acceptors (Lipinski definition) is 5. The van der Waals surface area contributed by atoms with E-state index in [1.807, 2.05) is 39.0 Å². The molecule has 31 heavy (non-hydrogen) atoms. The maximum atomic E-state index is 13.0. The summed E-state index contributed by atoms with van der Waals surface area (Å²) in [5.41, 5.74) is 1.79. The highest BCUT2D eigenvalue weighted by molar-refractivity contribution is 5.95. The molecule has 172 valence electrons. The zero-order valence-corrected chi connectivity index (χ0v) is 19.4. The molecule has 0 spiro atoms. The van der Waals surface area contributed by atoms with E-state index in [4.69, 9.17) is 14.2 Å². The van der Waals surface area contributed by atoms with Gasteiger partial charge in [-0.3, -0.25) is 0 Å². The van der Waals surface area contributed by atoms with E-state index in [0.717, 1.165) is 31.2 Å². The molecule has 0 fully saturated rings. The second-order valence-corrected chi connectivity index (χ2v) is 7.82. The summed E-state index contributed by atoms with van der Waals surface area (Å²) in [6, 6.07) is 4.57. The van der Waals surface area contributed by atoms with E-state index in [9.17, 15) is 9.59 Å². The molecule has 1 aromatic rings. The van der Waals surface area contributed by atoms with Crippen LogP contribution in [-0.2, 0) is 9.53 Å². The van der Waals surface area contributed by atoms with Crippen LogP contribution in [0.25, 0.3) is 0 Å². The molecule has 0 bridgehead atoms. The summed E-state index contributed by atoms with van der Waals surface area (Å²) in [7, 11) is 0. The first-order valence-corrected chi connectivity index (χ1v) is 11.3. The molecule has 7 nitrogen and oxygen atoms in total. The topological polar surface area (TPSA) is 85.9 Å². The SMILES string of the molecule is CCCCOc1ccc(C2NC(=O)NC(CCCC)=C2C(=O)OC(C)C)cc1OCC. The van der Waals surface area contributed by atoms with Crippen molar-refractivity contribution in [2.24, 2.45) is 0 Å². The van der Waals surface area contributed by atoms with E-state index in [-0.39, 0.29) is 12.1 Å². The quantitative estimate of drug-likeness (QED) is 0.358. The van der Waals surface area contributed by atoms with Crippen LogP contribution >= 0.6 is 0 Å². The van der Waals surface area contributed by atoms with E-state index in [1.54, 1.807) is 0 Å². The molecule has 0 saturated carbocycles. The van der Waals surface area contributed by atoms with Crippen molar-refractivity contribution in [3.63, 3.8) is 0 Å². The average molecular weight is 433 g/mol. The fraction of sp³-hybridized carbons (Fsp3) is 0.583. The minimum atomic E-state index is -0.629. The van der Waals surface area contributed by atoms with Gasteiger partial charge in [0, 0.05) is 5.70 Å². The number of rotatable bonds is 12. The first kappa shape index (κ1) is 24.6. The van der Waals surface area contributed by atoms with E-state index < -0.39 is 12.0 Å². The molecule has 1 aromatic carbocycles. The molecule has 1 heterocycles. The fourth-order valence-electron chi connectivity index (χ4n) is 3.36. The van der Waals surface area contributed by atoms with Crippen LogP contribution in [0.1, 0.15) is 78.3 Å². The van der Waals surface area contributed by atoms with E-state index in [1.165, 1.54) is 0 Å². The summed E-state index contributed by atoms with van der Waals surface area (Å²) >= 11 is 0.